The molecule has 2 saturated heterocycles. The van der Waals surface area contributed by atoms with E-state index in [-0.39, 0.29) is 103 Å². The number of methoxy groups -OCH3 is 2. The van der Waals surface area contributed by atoms with Gasteiger partial charge in [-0.2, -0.15) is 23.1 Å². The van der Waals surface area contributed by atoms with Crippen LogP contribution in [0.2, 0.25) is 0 Å². The Kier molecular flexibility index (Phi) is 16.4. The Bertz CT molecular complexity index is 1740. The molecular weight excluding hydrogens is 772 g/mol. The Labute approximate surface area is 331 Å². The van der Waals surface area contributed by atoms with Crippen LogP contribution in [-0.2, 0) is 6.54 Å². The number of fused-ring (bicyclic) bond motifs is 1. The number of piperazine rings is 2. The Morgan fingerprint density at radius 1 is 0.815 bits per heavy atom. The number of carbonyl (C=O) groups excluding carboxylic acids is 1. The first-order chi connectivity index (χ1) is 24.7. The number of rotatable bonds is 12. The monoisotopic (exact) mass is 814 g/mol. The molecule has 2 aliphatic heterocycles. The highest BCUT2D eigenvalue weighted by molar-refractivity contribution is 5.96. The van der Waals surface area contributed by atoms with Gasteiger partial charge >= 0.3 is 12.2 Å². The third-order valence-electron chi connectivity index (χ3n) is 9.18. The molecule has 4 aromatic rings. The summed E-state index contributed by atoms with van der Waals surface area (Å²) in [6.45, 7) is 3.08. The fourth-order valence-electron chi connectivity index (χ4n) is 7.08. The number of hydrogen-bond acceptors (Lipinski definition) is 10. The number of hydrogen-bond donors (Lipinski definition) is 0. The van der Waals surface area contributed by atoms with E-state index < -0.39 is 12.8 Å². The van der Waals surface area contributed by atoms with Crippen LogP contribution < -0.4 is 18.9 Å². The molecule has 6 rings (SSSR count). The maximum atomic E-state index is 13.9. The minimum absolute atomic E-state index is 0. The molecule has 4 heterocycles. The molecule has 294 valence electrons. The molecule has 11 nitrogen and oxygen atoms in total. The molecular formula is C37H44Cl3F3N6O5. The lowest BCUT2D eigenvalue weighted by Gasteiger charge is -2.53. The van der Waals surface area contributed by atoms with Crippen LogP contribution in [0.1, 0.15) is 39.9 Å². The largest absolute Gasteiger partial charge is 0.481 e. The molecule has 2 aromatic carbocycles. The predicted octanol–water partition coefficient (Wildman–Crippen LogP) is 6.34. The highest BCUT2D eigenvalue weighted by atomic mass is 35.5. The summed E-state index contributed by atoms with van der Waals surface area (Å²) in [5.41, 5.74) is 2.91. The summed E-state index contributed by atoms with van der Waals surface area (Å²) < 4.78 is 61.9. The summed E-state index contributed by atoms with van der Waals surface area (Å²) in [7, 11) is 2.88. The number of carbonyl (C=O) groups is 1. The molecule has 0 radical (unpaired) electrons. The second-order valence-corrected chi connectivity index (χ2v) is 12.4. The second kappa shape index (κ2) is 20.0. The minimum Gasteiger partial charge on any atom is -0.481 e. The first kappa shape index (κ1) is 44.3. The molecule has 0 aliphatic carbocycles. The van der Waals surface area contributed by atoms with Gasteiger partial charge in [0.1, 0.15) is 5.56 Å². The highest BCUT2D eigenvalue weighted by Crippen LogP contribution is 2.38. The lowest BCUT2D eigenvalue weighted by Crippen LogP contribution is -2.67. The number of pyridine rings is 1. The van der Waals surface area contributed by atoms with Crippen LogP contribution in [-0.4, -0.2) is 114 Å². The van der Waals surface area contributed by atoms with E-state index in [0.717, 1.165) is 11.1 Å². The molecule has 0 spiro atoms. The van der Waals surface area contributed by atoms with Crippen molar-refractivity contribution in [2.75, 3.05) is 60.2 Å². The first-order valence-corrected chi connectivity index (χ1v) is 16.8. The number of halogens is 6. The molecule has 17 heteroatoms. The second-order valence-electron chi connectivity index (χ2n) is 12.4. The highest BCUT2D eigenvalue weighted by Gasteiger charge is 2.44. The molecule has 1 amide bonds. The van der Waals surface area contributed by atoms with Gasteiger partial charge in [0.05, 0.1) is 26.4 Å². The first-order valence-electron chi connectivity index (χ1n) is 16.8. The zero-order chi connectivity index (χ0) is 36.0. The van der Waals surface area contributed by atoms with E-state index in [1.807, 2.05) is 41.3 Å². The van der Waals surface area contributed by atoms with Crippen LogP contribution >= 0.6 is 37.2 Å². The quantitative estimate of drug-likeness (QED) is 0.161. The van der Waals surface area contributed by atoms with Crippen molar-refractivity contribution in [1.82, 2.24) is 29.7 Å². The van der Waals surface area contributed by atoms with Crippen molar-refractivity contribution in [3.8, 4) is 23.7 Å². The van der Waals surface area contributed by atoms with Gasteiger partial charge < -0.3 is 23.8 Å². The van der Waals surface area contributed by atoms with E-state index in [4.69, 9.17) is 18.9 Å². The SMILES string of the molecule is CCOc1nc(OC)c(CN2C[C@@H]3CN(C(=O)c4cccnc4OC)CCN3[C@H](C(c3ccccc3)c3ccccc3)C2)c(OCC(F)(F)F)n1.Cl.Cl.Cl. The lowest BCUT2D eigenvalue weighted by molar-refractivity contribution is -0.154. The van der Waals surface area contributed by atoms with E-state index in [0.29, 0.717) is 38.3 Å². The molecule has 0 N–H and O–H groups in total. The van der Waals surface area contributed by atoms with Crippen molar-refractivity contribution in [3.63, 3.8) is 0 Å². The molecule has 0 unspecified atom stereocenters. The summed E-state index contributed by atoms with van der Waals surface area (Å²) >= 11 is 0. The van der Waals surface area contributed by atoms with Crippen LogP contribution in [0.3, 0.4) is 0 Å². The van der Waals surface area contributed by atoms with Gasteiger partial charge in [-0.25, -0.2) is 4.98 Å². The number of nitrogens with zero attached hydrogens (tertiary/aromatic N) is 6. The Morgan fingerprint density at radius 2 is 1.44 bits per heavy atom. The van der Waals surface area contributed by atoms with Crippen molar-refractivity contribution >= 4 is 43.1 Å². The maximum Gasteiger partial charge on any atom is 0.422 e. The van der Waals surface area contributed by atoms with Crippen LogP contribution in [0.15, 0.2) is 79.0 Å². The smallest absolute Gasteiger partial charge is 0.422 e. The normalized spacial score (nSPS) is 17.3. The number of alkyl halides is 3. The fraction of sp³-hybridized carbons (Fsp3) is 0.405. The summed E-state index contributed by atoms with van der Waals surface area (Å²) in [5.74, 6) is -0.168. The van der Waals surface area contributed by atoms with E-state index in [2.05, 4.69) is 49.0 Å². The molecule has 0 bridgehead atoms. The Hall–Kier alpha value is -4.08. The van der Waals surface area contributed by atoms with E-state index >= 15 is 0 Å². The Balaban J connectivity index is 0.00000261. The summed E-state index contributed by atoms with van der Waals surface area (Å²) in [5, 5.41) is 0. The molecule has 0 saturated carbocycles. The van der Waals surface area contributed by atoms with Crippen molar-refractivity contribution < 1.29 is 36.9 Å². The van der Waals surface area contributed by atoms with Crippen molar-refractivity contribution in [1.29, 1.82) is 0 Å². The molecule has 2 fully saturated rings. The third-order valence-corrected chi connectivity index (χ3v) is 9.18. The zero-order valence-corrected chi connectivity index (χ0v) is 32.4. The van der Waals surface area contributed by atoms with Gasteiger partial charge in [-0.1, -0.05) is 60.7 Å². The summed E-state index contributed by atoms with van der Waals surface area (Å²) in [6, 6.07) is 23.6. The van der Waals surface area contributed by atoms with Crippen LogP contribution in [0.5, 0.6) is 23.7 Å². The predicted molar refractivity (Wildman–Crippen MR) is 204 cm³/mol. The zero-order valence-electron chi connectivity index (χ0n) is 30.0. The van der Waals surface area contributed by atoms with Gasteiger partial charge in [-0.3, -0.25) is 14.6 Å². The van der Waals surface area contributed by atoms with Crippen molar-refractivity contribution in [3.05, 3.63) is 101 Å². The van der Waals surface area contributed by atoms with Gasteiger partial charge in [0.2, 0.25) is 17.6 Å². The van der Waals surface area contributed by atoms with E-state index in [1.54, 1.807) is 25.3 Å². The van der Waals surface area contributed by atoms with Crippen LogP contribution in [0, 0.1) is 0 Å². The third kappa shape index (κ3) is 10.4. The summed E-state index contributed by atoms with van der Waals surface area (Å²) in [4.78, 5) is 33.1. The van der Waals surface area contributed by atoms with Gasteiger partial charge in [-0.05, 0) is 30.2 Å². The lowest BCUT2D eigenvalue weighted by atomic mass is 9.81. The molecule has 2 aliphatic rings. The number of aromatic nitrogens is 3. The van der Waals surface area contributed by atoms with Crippen LogP contribution in [0.4, 0.5) is 13.2 Å². The summed E-state index contributed by atoms with van der Waals surface area (Å²) in [6.07, 6.45) is -3.01. The van der Waals surface area contributed by atoms with E-state index in [9.17, 15) is 18.0 Å². The van der Waals surface area contributed by atoms with Gasteiger partial charge in [0.25, 0.3) is 5.91 Å². The average Bonchev–Trinajstić information content (AvgIpc) is 3.14. The number of amides is 1. The number of ether oxygens (including phenoxy) is 4. The molecule has 54 heavy (non-hydrogen) atoms. The van der Waals surface area contributed by atoms with Crippen molar-refractivity contribution in [2.45, 2.75) is 37.6 Å². The van der Waals surface area contributed by atoms with Gasteiger partial charge in [-0.15, -0.1) is 37.2 Å². The van der Waals surface area contributed by atoms with Gasteiger partial charge in [0.15, 0.2) is 6.61 Å². The standard InChI is InChI=1S/C37H41F3N6O5.3ClH/c1-4-50-36-42-33(49-3)29(34(43-36)51-24-37(38,39)40)22-44-20-27-21-45(35(47)28-16-11-17-41-32(28)48-2)18-19-46(27)30(23-44)31(25-12-7-5-8-13-25)26-14-9-6-10-15-26;;;/h5-17,27,30-31H,4,18-24H2,1-3H3;3*1H/t27-,30+;;;/m1.../s1. The molecule has 2 aromatic heterocycles. The van der Waals surface area contributed by atoms with Crippen LogP contribution in [0.25, 0.3) is 0 Å². The molecule has 2 atom stereocenters. The maximum absolute atomic E-state index is 13.9. The number of benzene rings is 2. The van der Waals surface area contributed by atoms with E-state index in [1.165, 1.54) is 14.2 Å². The average molecular weight is 816 g/mol. The Morgan fingerprint density at radius 3 is 2.04 bits per heavy atom. The van der Waals surface area contributed by atoms with Crippen molar-refractivity contribution in [2.24, 2.45) is 0 Å². The topological polar surface area (TPSA) is 102 Å². The minimum atomic E-state index is -4.59. The fourth-order valence-corrected chi connectivity index (χ4v) is 7.08. The van der Waals surface area contributed by atoms with Gasteiger partial charge in [0, 0.05) is 63.5 Å².